The molecule has 1 amide bonds. The van der Waals surface area contributed by atoms with Gasteiger partial charge in [-0.15, -0.1) is 11.3 Å². The Kier molecular flexibility index (Phi) is 3.43. The molecule has 0 fully saturated rings. The van der Waals surface area contributed by atoms with Gasteiger partial charge in [-0.2, -0.15) is 0 Å². The minimum atomic E-state index is -0.0749. The third-order valence-electron chi connectivity index (χ3n) is 2.14. The van der Waals surface area contributed by atoms with E-state index in [0.717, 1.165) is 10.8 Å². The number of hydrogen-bond donors (Lipinski definition) is 2. The second kappa shape index (κ2) is 5.01. The van der Waals surface area contributed by atoms with Crippen LogP contribution in [0.3, 0.4) is 0 Å². The molecule has 17 heavy (non-hydrogen) atoms. The number of furan rings is 1. The Morgan fingerprint density at radius 1 is 1.53 bits per heavy atom. The monoisotopic (exact) mass is 251 g/mol. The summed E-state index contributed by atoms with van der Waals surface area (Å²) in [7, 11) is 1.83. The Hall–Kier alpha value is -1.82. The fourth-order valence-corrected chi connectivity index (χ4v) is 1.98. The van der Waals surface area contributed by atoms with Crippen molar-refractivity contribution >= 4 is 22.4 Å². The smallest absolute Gasteiger partial charge is 0.217 e. The van der Waals surface area contributed by atoms with E-state index >= 15 is 0 Å². The van der Waals surface area contributed by atoms with E-state index < -0.39 is 0 Å². The molecule has 2 N–H and O–H groups in total. The minimum Gasteiger partial charge on any atom is -0.458 e. The second-order valence-corrected chi connectivity index (χ2v) is 4.32. The average molecular weight is 251 g/mol. The lowest BCUT2D eigenvalue weighted by Gasteiger charge is -1.97. The molecule has 0 aliphatic rings. The lowest BCUT2D eigenvalue weighted by molar-refractivity contribution is -0.119. The van der Waals surface area contributed by atoms with Gasteiger partial charge in [0.1, 0.15) is 11.5 Å². The number of rotatable bonds is 4. The van der Waals surface area contributed by atoms with Gasteiger partial charge >= 0.3 is 0 Å². The molecule has 0 aliphatic carbocycles. The first-order valence-electron chi connectivity index (χ1n) is 5.16. The van der Waals surface area contributed by atoms with Crippen molar-refractivity contribution < 1.29 is 9.21 Å². The van der Waals surface area contributed by atoms with E-state index in [2.05, 4.69) is 15.6 Å². The summed E-state index contributed by atoms with van der Waals surface area (Å²) in [6.45, 7) is 1.88. The van der Waals surface area contributed by atoms with Gasteiger partial charge in [-0.3, -0.25) is 4.79 Å². The third kappa shape index (κ3) is 2.85. The maximum atomic E-state index is 10.8. The number of carbonyl (C=O) groups excluding carboxylic acids is 1. The molecule has 2 aromatic heterocycles. The summed E-state index contributed by atoms with van der Waals surface area (Å²) >= 11 is 1.52. The van der Waals surface area contributed by atoms with Crippen LogP contribution in [0.4, 0.5) is 5.13 Å². The lowest BCUT2D eigenvalue weighted by Crippen LogP contribution is -2.18. The van der Waals surface area contributed by atoms with Crippen molar-refractivity contribution in [1.29, 1.82) is 0 Å². The molecule has 2 rings (SSSR count). The Morgan fingerprint density at radius 2 is 2.35 bits per heavy atom. The molecule has 0 radical (unpaired) electrons. The number of amides is 1. The number of aromatic nitrogens is 1. The number of carbonyl (C=O) groups is 1. The van der Waals surface area contributed by atoms with E-state index in [1.165, 1.54) is 18.3 Å². The minimum absolute atomic E-state index is 0.0749. The largest absolute Gasteiger partial charge is 0.458 e. The van der Waals surface area contributed by atoms with Crippen LogP contribution in [-0.2, 0) is 11.3 Å². The van der Waals surface area contributed by atoms with Crippen LogP contribution in [0.1, 0.15) is 12.7 Å². The maximum Gasteiger partial charge on any atom is 0.217 e. The molecular weight excluding hydrogens is 238 g/mol. The highest BCUT2D eigenvalue weighted by molar-refractivity contribution is 7.14. The third-order valence-corrected chi connectivity index (χ3v) is 3.00. The van der Waals surface area contributed by atoms with E-state index in [9.17, 15) is 4.79 Å². The first kappa shape index (κ1) is 11.7. The number of hydrogen-bond acceptors (Lipinski definition) is 5. The Labute approximate surface area is 103 Å². The van der Waals surface area contributed by atoms with E-state index in [1.807, 2.05) is 24.6 Å². The summed E-state index contributed by atoms with van der Waals surface area (Å²) in [6.07, 6.45) is 0. The van der Waals surface area contributed by atoms with Gasteiger partial charge in [-0.05, 0) is 12.1 Å². The number of anilines is 1. The molecule has 0 saturated carbocycles. The molecule has 0 saturated heterocycles. The summed E-state index contributed by atoms with van der Waals surface area (Å²) in [6, 6.07) is 3.69. The predicted octanol–water partition coefficient (Wildman–Crippen LogP) is 2.08. The lowest BCUT2D eigenvalue weighted by atomic mass is 10.3. The van der Waals surface area contributed by atoms with Gasteiger partial charge in [0.05, 0.1) is 6.54 Å². The number of thiazole rings is 1. The van der Waals surface area contributed by atoms with Gasteiger partial charge in [-0.1, -0.05) is 0 Å². The molecule has 0 unspecified atom stereocenters. The summed E-state index contributed by atoms with van der Waals surface area (Å²) in [5.41, 5.74) is 0.799. The predicted molar refractivity (Wildman–Crippen MR) is 66.9 cm³/mol. The molecule has 5 nitrogen and oxygen atoms in total. The zero-order chi connectivity index (χ0) is 12.3. The molecular formula is C11H13N3O2S. The fraction of sp³-hybridized carbons (Fsp3) is 0.273. The van der Waals surface area contributed by atoms with E-state index in [4.69, 9.17) is 4.42 Å². The molecule has 0 aliphatic heterocycles. The molecule has 0 spiro atoms. The highest BCUT2D eigenvalue weighted by atomic mass is 32.1. The molecule has 0 aromatic carbocycles. The van der Waals surface area contributed by atoms with Crippen molar-refractivity contribution in [2.75, 3.05) is 12.4 Å². The van der Waals surface area contributed by atoms with E-state index in [0.29, 0.717) is 18.1 Å². The quantitative estimate of drug-likeness (QED) is 0.873. The Bertz CT molecular complexity index is 518. The Balaban J connectivity index is 2.09. The number of nitrogens with zero attached hydrogens (tertiary/aromatic N) is 1. The van der Waals surface area contributed by atoms with Crippen LogP contribution in [0.15, 0.2) is 21.9 Å². The normalized spacial score (nSPS) is 10.2. The zero-order valence-corrected chi connectivity index (χ0v) is 10.4. The molecule has 0 atom stereocenters. The Morgan fingerprint density at radius 3 is 3.00 bits per heavy atom. The van der Waals surface area contributed by atoms with Crippen molar-refractivity contribution in [3.63, 3.8) is 0 Å². The molecule has 6 heteroatoms. The van der Waals surface area contributed by atoms with Gasteiger partial charge in [-0.25, -0.2) is 4.98 Å². The van der Waals surface area contributed by atoms with Gasteiger partial charge in [0.2, 0.25) is 5.91 Å². The first-order valence-corrected chi connectivity index (χ1v) is 6.04. The summed E-state index contributed by atoms with van der Waals surface area (Å²) in [5, 5.41) is 8.42. The van der Waals surface area contributed by atoms with Gasteiger partial charge in [0.15, 0.2) is 10.9 Å². The van der Waals surface area contributed by atoms with Crippen molar-refractivity contribution in [2.45, 2.75) is 13.5 Å². The molecule has 90 valence electrons. The topological polar surface area (TPSA) is 67.2 Å². The zero-order valence-electron chi connectivity index (χ0n) is 9.61. The van der Waals surface area contributed by atoms with Crippen LogP contribution in [0.5, 0.6) is 0 Å². The van der Waals surface area contributed by atoms with E-state index in [1.54, 1.807) is 0 Å². The van der Waals surface area contributed by atoms with Crippen molar-refractivity contribution in [2.24, 2.45) is 0 Å². The average Bonchev–Trinajstić information content (AvgIpc) is 2.94. The highest BCUT2D eigenvalue weighted by Gasteiger charge is 2.08. The summed E-state index contributed by atoms with van der Waals surface area (Å²) < 4.78 is 5.58. The molecule has 2 aromatic rings. The van der Waals surface area contributed by atoms with Gasteiger partial charge in [0, 0.05) is 19.4 Å². The summed E-state index contributed by atoms with van der Waals surface area (Å²) in [4.78, 5) is 15.1. The van der Waals surface area contributed by atoms with E-state index in [-0.39, 0.29) is 5.91 Å². The summed E-state index contributed by atoms with van der Waals surface area (Å²) in [5.74, 6) is 1.35. The van der Waals surface area contributed by atoms with Crippen molar-refractivity contribution in [3.8, 4) is 11.5 Å². The van der Waals surface area contributed by atoms with Crippen LogP contribution in [0.25, 0.3) is 11.5 Å². The second-order valence-electron chi connectivity index (χ2n) is 3.46. The molecule has 2 heterocycles. The molecule has 0 bridgehead atoms. The van der Waals surface area contributed by atoms with Gasteiger partial charge in [0.25, 0.3) is 0 Å². The van der Waals surface area contributed by atoms with Crippen molar-refractivity contribution in [3.05, 3.63) is 23.3 Å². The van der Waals surface area contributed by atoms with Crippen LogP contribution in [-0.4, -0.2) is 17.9 Å². The highest BCUT2D eigenvalue weighted by Crippen LogP contribution is 2.26. The van der Waals surface area contributed by atoms with Crippen LogP contribution in [0, 0.1) is 0 Å². The van der Waals surface area contributed by atoms with Crippen LogP contribution >= 0.6 is 11.3 Å². The van der Waals surface area contributed by atoms with Crippen molar-refractivity contribution in [1.82, 2.24) is 10.3 Å². The standard InChI is InChI=1S/C11H13N3O2S/c1-7(15)13-5-8-3-4-10(16-8)9-6-17-11(12-2)14-9/h3-4,6H,5H2,1-2H3,(H,12,14)(H,13,15). The fourth-order valence-electron chi connectivity index (χ4n) is 1.32. The van der Waals surface area contributed by atoms with Gasteiger partial charge < -0.3 is 15.1 Å². The number of nitrogens with one attached hydrogen (secondary N) is 2. The van der Waals surface area contributed by atoms with Crippen LogP contribution < -0.4 is 10.6 Å². The van der Waals surface area contributed by atoms with Crippen LogP contribution in [0.2, 0.25) is 0 Å². The first-order chi connectivity index (χ1) is 8.19. The maximum absolute atomic E-state index is 10.8. The SMILES string of the molecule is CNc1nc(-c2ccc(CNC(C)=O)o2)cs1.